The summed E-state index contributed by atoms with van der Waals surface area (Å²) in [4.78, 5) is 16.4. The van der Waals surface area contributed by atoms with Gasteiger partial charge in [-0.1, -0.05) is 25.4 Å². The first-order valence-electron chi connectivity index (χ1n) is 8.93. The van der Waals surface area contributed by atoms with Gasteiger partial charge in [0.1, 0.15) is 5.60 Å². The van der Waals surface area contributed by atoms with E-state index in [-0.39, 0.29) is 11.9 Å². The van der Waals surface area contributed by atoms with E-state index in [2.05, 4.69) is 18.7 Å². The van der Waals surface area contributed by atoms with E-state index in [1.807, 2.05) is 18.2 Å². The summed E-state index contributed by atoms with van der Waals surface area (Å²) in [5.74, 6) is 0.372. The lowest BCUT2D eigenvalue weighted by molar-refractivity contribution is -0.146. The van der Waals surface area contributed by atoms with Crippen LogP contribution in [0.4, 0.5) is 11.4 Å². The van der Waals surface area contributed by atoms with Gasteiger partial charge in [-0.3, -0.25) is 4.79 Å². The van der Waals surface area contributed by atoms with Crippen molar-refractivity contribution in [3.63, 3.8) is 0 Å². The summed E-state index contributed by atoms with van der Waals surface area (Å²) >= 11 is 6.22. The molecule has 3 N–H and O–H groups in total. The minimum atomic E-state index is -1.33. The fraction of sp³-hybridized carbons (Fsp3) is 0.632. The van der Waals surface area contributed by atoms with Crippen molar-refractivity contribution in [2.45, 2.75) is 52.2 Å². The highest BCUT2D eigenvalue weighted by Gasteiger charge is 2.36. The fourth-order valence-corrected chi connectivity index (χ4v) is 3.36. The minimum Gasteiger partial charge on any atom is -0.398 e. The van der Waals surface area contributed by atoms with Crippen LogP contribution < -0.4 is 10.6 Å². The maximum Gasteiger partial charge on any atom is 0.254 e. The van der Waals surface area contributed by atoms with E-state index in [4.69, 9.17) is 17.3 Å². The van der Waals surface area contributed by atoms with Crippen LogP contribution in [-0.2, 0) is 4.79 Å². The molecule has 5 nitrogen and oxygen atoms in total. The molecule has 0 radical (unpaired) electrons. The van der Waals surface area contributed by atoms with Crippen LogP contribution in [0.3, 0.4) is 0 Å². The normalized spacial score (nSPS) is 18.0. The second-order valence-electron chi connectivity index (χ2n) is 7.83. The molecule has 0 aliphatic carbocycles. The zero-order valence-electron chi connectivity index (χ0n) is 15.6. The third-order valence-electron chi connectivity index (χ3n) is 4.68. The number of halogens is 1. The Balaban J connectivity index is 2.18. The molecule has 1 aliphatic heterocycles. The molecule has 1 saturated heterocycles. The van der Waals surface area contributed by atoms with Gasteiger partial charge in [-0.25, -0.2) is 0 Å². The van der Waals surface area contributed by atoms with Crippen LogP contribution in [0.5, 0.6) is 0 Å². The second-order valence-corrected chi connectivity index (χ2v) is 8.24. The molecule has 6 heteroatoms. The molecule has 2 rings (SSSR count). The van der Waals surface area contributed by atoms with Crippen molar-refractivity contribution in [1.29, 1.82) is 0 Å². The molecule has 0 spiro atoms. The Morgan fingerprint density at radius 3 is 2.72 bits per heavy atom. The molecule has 25 heavy (non-hydrogen) atoms. The average molecular weight is 368 g/mol. The summed E-state index contributed by atoms with van der Waals surface area (Å²) in [7, 11) is 0. The zero-order chi connectivity index (χ0) is 18.8. The van der Waals surface area contributed by atoms with Crippen LogP contribution in [-0.4, -0.2) is 47.2 Å². The summed E-state index contributed by atoms with van der Waals surface area (Å²) in [5.41, 5.74) is 6.11. The Hall–Kier alpha value is -1.46. The third-order valence-corrected chi connectivity index (χ3v) is 5.01. The number of hydrogen-bond acceptors (Lipinski definition) is 4. The van der Waals surface area contributed by atoms with Gasteiger partial charge in [0.05, 0.1) is 10.7 Å². The molecule has 1 aromatic rings. The van der Waals surface area contributed by atoms with Gasteiger partial charge >= 0.3 is 0 Å². The van der Waals surface area contributed by atoms with Gasteiger partial charge in [0, 0.05) is 31.4 Å². The van der Waals surface area contributed by atoms with Gasteiger partial charge in [-0.2, -0.15) is 0 Å². The van der Waals surface area contributed by atoms with Crippen LogP contribution >= 0.6 is 11.6 Å². The molecule has 1 atom stereocenters. The summed E-state index contributed by atoms with van der Waals surface area (Å²) in [6.45, 7) is 9.65. The molecule has 0 saturated carbocycles. The standard InChI is InChI=1S/C19H30ClN3O2/c1-13(2)7-10-23(14-5-6-17(21)16(20)11-14)15-8-9-22(12-15)18(24)19(3,4)25/h5-6,11,13,15,25H,7-10,12,21H2,1-4H3. The Labute approximate surface area is 155 Å². The van der Waals surface area contributed by atoms with Crippen molar-refractivity contribution in [3.8, 4) is 0 Å². The Morgan fingerprint density at radius 1 is 1.48 bits per heavy atom. The number of rotatable bonds is 6. The van der Waals surface area contributed by atoms with Crippen molar-refractivity contribution >= 4 is 28.9 Å². The highest BCUT2D eigenvalue weighted by molar-refractivity contribution is 6.33. The average Bonchev–Trinajstić information content (AvgIpc) is 2.98. The predicted octanol–water partition coefficient (Wildman–Crippen LogP) is 3.15. The van der Waals surface area contributed by atoms with E-state index in [9.17, 15) is 9.90 Å². The largest absolute Gasteiger partial charge is 0.398 e. The van der Waals surface area contributed by atoms with E-state index in [0.717, 1.165) is 25.1 Å². The first-order valence-corrected chi connectivity index (χ1v) is 9.30. The van der Waals surface area contributed by atoms with E-state index < -0.39 is 5.60 Å². The Bertz CT molecular complexity index is 613. The number of nitrogen functional groups attached to an aromatic ring is 1. The van der Waals surface area contributed by atoms with Gasteiger partial charge in [0.15, 0.2) is 0 Å². The van der Waals surface area contributed by atoms with E-state index in [1.165, 1.54) is 0 Å². The van der Waals surface area contributed by atoms with Crippen molar-refractivity contribution in [2.75, 3.05) is 30.3 Å². The highest BCUT2D eigenvalue weighted by Crippen LogP contribution is 2.30. The van der Waals surface area contributed by atoms with Crippen LogP contribution in [0.15, 0.2) is 18.2 Å². The lowest BCUT2D eigenvalue weighted by Crippen LogP contribution is -2.46. The minimum absolute atomic E-state index is 0.213. The summed E-state index contributed by atoms with van der Waals surface area (Å²) in [5, 5.41) is 10.5. The van der Waals surface area contributed by atoms with Gasteiger partial charge in [0.2, 0.25) is 0 Å². The SMILES string of the molecule is CC(C)CCN(c1ccc(N)c(Cl)c1)C1CCN(C(=O)C(C)(C)O)C1. The van der Waals surface area contributed by atoms with E-state index in [0.29, 0.717) is 29.7 Å². The molecule has 0 bridgehead atoms. The molecule has 1 heterocycles. The van der Waals surface area contributed by atoms with Gasteiger partial charge in [-0.05, 0) is 50.8 Å². The molecular formula is C19H30ClN3O2. The Morgan fingerprint density at radius 2 is 2.16 bits per heavy atom. The monoisotopic (exact) mass is 367 g/mol. The summed E-state index contributed by atoms with van der Waals surface area (Å²) in [6.07, 6.45) is 1.93. The fourth-order valence-electron chi connectivity index (χ4n) is 3.18. The molecule has 1 aromatic carbocycles. The lowest BCUT2D eigenvalue weighted by Gasteiger charge is -2.33. The van der Waals surface area contributed by atoms with Gasteiger partial charge in [0.25, 0.3) is 5.91 Å². The number of anilines is 2. The van der Waals surface area contributed by atoms with Crippen molar-refractivity contribution in [1.82, 2.24) is 4.90 Å². The molecular weight excluding hydrogens is 338 g/mol. The first kappa shape index (κ1) is 19.9. The number of hydrogen-bond donors (Lipinski definition) is 2. The number of benzene rings is 1. The van der Waals surface area contributed by atoms with Gasteiger partial charge < -0.3 is 20.6 Å². The van der Waals surface area contributed by atoms with Gasteiger partial charge in [-0.15, -0.1) is 0 Å². The molecule has 1 aliphatic rings. The maximum absolute atomic E-state index is 12.4. The third kappa shape index (κ3) is 5.02. The van der Waals surface area contributed by atoms with Crippen molar-refractivity contribution in [3.05, 3.63) is 23.2 Å². The smallest absolute Gasteiger partial charge is 0.254 e. The van der Waals surface area contributed by atoms with E-state index >= 15 is 0 Å². The predicted molar refractivity (Wildman–Crippen MR) is 104 cm³/mol. The zero-order valence-corrected chi connectivity index (χ0v) is 16.4. The lowest BCUT2D eigenvalue weighted by atomic mass is 10.1. The van der Waals surface area contributed by atoms with Crippen LogP contribution in [0, 0.1) is 5.92 Å². The highest BCUT2D eigenvalue weighted by atomic mass is 35.5. The van der Waals surface area contributed by atoms with E-state index in [1.54, 1.807) is 18.7 Å². The summed E-state index contributed by atoms with van der Waals surface area (Å²) < 4.78 is 0. The maximum atomic E-state index is 12.4. The number of carbonyl (C=O) groups excluding carboxylic acids is 1. The summed E-state index contributed by atoms with van der Waals surface area (Å²) in [6, 6.07) is 5.93. The molecule has 140 valence electrons. The topological polar surface area (TPSA) is 69.8 Å². The number of aliphatic hydroxyl groups is 1. The second kappa shape index (κ2) is 7.83. The Kier molecular flexibility index (Phi) is 6.22. The quantitative estimate of drug-likeness (QED) is 0.758. The number of nitrogens with zero attached hydrogens (tertiary/aromatic N) is 2. The molecule has 1 unspecified atom stereocenters. The number of carbonyl (C=O) groups is 1. The molecule has 0 aromatic heterocycles. The van der Waals surface area contributed by atoms with Crippen LogP contribution in [0.1, 0.15) is 40.5 Å². The number of amides is 1. The number of likely N-dealkylation sites (tertiary alicyclic amines) is 1. The van der Waals surface area contributed by atoms with Crippen molar-refractivity contribution < 1.29 is 9.90 Å². The number of nitrogens with two attached hydrogens (primary N) is 1. The van der Waals surface area contributed by atoms with Crippen molar-refractivity contribution in [2.24, 2.45) is 5.92 Å². The van der Waals surface area contributed by atoms with Crippen LogP contribution in [0.2, 0.25) is 5.02 Å². The van der Waals surface area contributed by atoms with Crippen LogP contribution in [0.25, 0.3) is 0 Å². The molecule has 1 amide bonds. The molecule has 1 fully saturated rings. The first-order chi connectivity index (χ1) is 11.6.